The number of hydrogen-bond acceptors (Lipinski definition) is 10. The molecule has 0 spiro atoms. The van der Waals surface area contributed by atoms with E-state index in [2.05, 4.69) is 19.8 Å². The van der Waals surface area contributed by atoms with Gasteiger partial charge in [0.25, 0.3) is 0 Å². The number of carbonyl (C=O) groups excluding carboxylic acids is 1. The molecule has 1 aliphatic rings. The van der Waals surface area contributed by atoms with Gasteiger partial charge in [-0.2, -0.15) is 0 Å². The third-order valence-corrected chi connectivity index (χ3v) is 5.91. The molecule has 3 heterocycles. The van der Waals surface area contributed by atoms with Crippen LogP contribution in [0.3, 0.4) is 0 Å². The lowest BCUT2D eigenvalue weighted by Gasteiger charge is -2.23. The average Bonchev–Trinajstić information content (AvgIpc) is 2.90. The zero-order valence-corrected chi connectivity index (χ0v) is 22.0. The molecule has 2 aromatic rings. The second-order valence-corrected chi connectivity index (χ2v) is 9.00. The van der Waals surface area contributed by atoms with Gasteiger partial charge in [-0.15, -0.1) is 0 Å². The molecule has 0 unspecified atom stereocenters. The molecule has 11 nitrogen and oxygen atoms in total. The van der Waals surface area contributed by atoms with Gasteiger partial charge in [0, 0.05) is 39.3 Å². The van der Waals surface area contributed by atoms with Crippen molar-refractivity contribution in [3.8, 4) is 0 Å². The summed E-state index contributed by atoms with van der Waals surface area (Å²) in [5.41, 5.74) is 3.00. The maximum absolute atomic E-state index is 11.2. The van der Waals surface area contributed by atoms with Crippen molar-refractivity contribution in [3.63, 3.8) is 0 Å². The summed E-state index contributed by atoms with van der Waals surface area (Å²) in [6.45, 7) is 9.76. The molecule has 2 aromatic heterocycles. The molecule has 0 bridgehead atoms. The van der Waals surface area contributed by atoms with E-state index in [0.29, 0.717) is 104 Å². The standard InChI is InChI=1S/C27H38N4O7/c1-22-17-24(28-25(18-22)21-32)20-31-7-11-37-15-13-35-9-5-30(6-10-36-14-16-38-12-8-31)19-23-3-2-4-26(29-23)27(33)34/h2-4,17-18,21H,5-16,19-20H2,1H3,(H,33,34). The van der Waals surface area contributed by atoms with Crippen LogP contribution in [0.15, 0.2) is 30.3 Å². The molecule has 0 amide bonds. The Labute approximate surface area is 223 Å². The highest BCUT2D eigenvalue weighted by molar-refractivity contribution is 5.85. The van der Waals surface area contributed by atoms with Gasteiger partial charge >= 0.3 is 5.97 Å². The molecule has 0 aliphatic carbocycles. The summed E-state index contributed by atoms with van der Waals surface area (Å²) in [6, 6.07) is 8.77. The highest BCUT2D eigenvalue weighted by atomic mass is 16.5. The molecule has 38 heavy (non-hydrogen) atoms. The zero-order valence-electron chi connectivity index (χ0n) is 22.0. The van der Waals surface area contributed by atoms with Crippen molar-refractivity contribution in [1.82, 2.24) is 19.8 Å². The maximum atomic E-state index is 11.2. The Morgan fingerprint density at radius 2 is 1.34 bits per heavy atom. The second-order valence-electron chi connectivity index (χ2n) is 9.00. The first-order valence-electron chi connectivity index (χ1n) is 12.9. The van der Waals surface area contributed by atoms with Gasteiger partial charge in [0.15, 0.2) is 6.29 Å². The quantitative estimate of drug-likeness (QED) is 0.549. The fraction of sp³-hybridized carbons (Fsp3) is 0.556. The summed E-state index contributed by atoms with van der Waals surface area (Å²) in [6.07, 6.45) is 0.773. The van der Waals surface area contributed by atoms with Gasteiger partial charge in [-0.1, -0.05) is 6.07 Å². The van der Waals surface area contributed by atoms with Crippen LogP contribution in [0.2, 0.25) is 0 Å². The lowest BCUT2D eigenvalue weighted by Crippen LogP contribution is -2.33. The van der Waals surface area contributed by atoms with Crippen LogP contribution < -0.4 is 0 Å². The van der Waals surface area contributed by atoms with Gasteiger partial charge in [0.2, 0.25) is 0 Å². The Hall–Kier alpha value is -2.80. The predicted octanol–water partition coefficient (Wildman–Crippen LogP) is 1.68. The van der Waals surface area contributed by atoms with Crippen LogP contribution in [-0.2, 0) is 32.0 Å². The van der Waals surface area contributed by atoms with E-state index in [1.807, 2.05) is 19.1 Å². The molecular formula is C27H38N4O7. The topological polar surface area (TPSA) is 124 Å². The van der Waals surface area contributed by atoms with Crippen LogP contribution in [-0.4, -0.2) is 116 Å². The summed E-state index contributed by atoms with van der Waals surface area (Å²) < 4.78 is 23.1. The Balaban J connectivity index is 1.49. The predicted molar refractivity (Wildman–Crippen MR) is 139 cm³/mol. The Morgan fingerprint density at radius 3 is 1.84 bits per heavy atom. The maximum Gasteiger partial charge on any atom is 0.354 e. The fourth-order valence-corrected chi connectivity index (χ4v) is 4.01. The lowest BCUT2D eigenvalue weighted by molar-refractivity contribution is 0.00598. The van der Waals surface area contributed by atoms with Crippen LogP contribution in [0.1, 0.15) is 37.9 Å². The van der Waals surface area contributed by atoms with E-state index in [9.17, 15) is 14.7 Å². The van der Waals surface area contributed by atoms with Gasteiger partial charge < -0.3 is 24.1 Å². The Bertz CT molecular complexity index is 987. The molecule has 1 saturated heterocycles. The van der Waals surface area contributed by atoms with Crippen molar-refractivity contribution in [2.24, 2.45) is 0 Å². The van der Waals surface area contributed by atoms with Crippen LogP contribution >= 0.6 is 0 Å². The number of carbonyl (C=O) groups is 2. The number of nitrogens with zero attached hydrogens (tertiary/aromatic N) is 4. The van der Waals surface area contributed by atoms with E-state index in [1.54, 1.807) is 12.1 Å². The smallest absolute Gasteiger partial charge is 0.354 e. The minimum Gasteiger partial charge on any atom is -0.477 e. The summed E-state index contributed by atoms with van der Waals surface area (Å²) in [5.74, 6) is -1.04. The van der Waals surface area contributed by atoms with E-state index < -0.39 is 5.97 Å². The molecular weight excluding hydrogens is 492 g/mol. The molecule has 0 saturated carbocycles. The Morgan fingerprint density at radius 1 is 0.816 bits per heavy atom. The van der Waals surface area contributed by atoms with Gasteiger partial charge in [-0.25, -0.2) is 14.8 Å². The number of aryl methyl sites for hydroxylation is 1. The molecule has 208 valence electrons. The average molecular weight is 531 g/mol. The SMILES string of the molecule is Cc1cc(C=O)nc(CN2CCOCCOCCN(Cc3cccc(C(=O)O)n3)CCOCCOCC2)c1. The summed E-state index contributed by atoms with van der Waals surface area (Å²) in [7, 11) is 0. The first kappa shape index (κ1) is 29.8. The summed E-state index contributed by atoms with van der Waals surface area (Å²) >= 11 is 0. The largest absolute Gasteiger partial charge is 0.477 e. The summed E-state index contributed by atoms with van der Waals surface area (Å²) in [5, 5.41) is 9.21. The number of aromatic carboxylic acids is 1. The molecule has 1 aliphatic heterocycles. The van der Waals surface area contributed by atoms with Gasteiger partial charge in [0.05, 0.1) is 64.2 Å². The number of rotatable bonds is 6. The zero-order chi connectivity index (χ0) is 27.0. The number of carboxylic acid groups (broad SMARTS) is 1. The molecule has 1 N–H and O–H groups in total. The van der Waals surface area contributed by atoms with Crippen LogP contribution in [0.5, 0.6) is 0 Å². The third-order valence-electron chi connectivity index (χ3n) is 5.91. The molecule has 0 atom stereocenters. The molecule has 11 heteroatoms. The highest BCUT2D eigenvalue weighted by Crippen LogP contribution is 2.08. The summed E-state index contributed by atoms with van der Waals surface area (Å²) in [4.78, 5) is 35.4. The Kier molecular flexibility index (Phi) is 13.2. The van der Waals surface area contributed by atoms with Crippen molar-refractivity contribution in [3.05, 3.63) is 58.7 Å². The molecule has 0 aromatic carbocycles. The number of aromatic nitrogens is 2. The van der Waals surface area contributed by atoms with Crippen molar-refractivity contribution in [2.45, 2.75) is 20.0 Å². The minimum absolute atomic E-state index is 0.0325. The van der Waals surface area contributed by atoms with Crippen LogP contribution in [0.4, 0.5) is 0 Å². The first-order valence-corrected chi connectivity index (χ1v) is 12.9. The normalized spacial score (nSPS) is 18.3. The van der Waals surface area contributed by atoms with E-state index in [-0.39, 0.29) is 5.69 Å². The van der Waals surface area contributed by atoms with Crippen LogP contribution in [0.25, 0.3) is 0 Å². The first-order chi connectivity index (χ1) is 18.5. The number of hydrogen-bond donors (Lipinski definition) is 1. The van der Waals surface area contributed by atoms with E-state index in [4.69, 9.17) is 18.9 Å². The van der Waals surface area contributed by atoms with Crippen molar-refractivity contribution in [2.75, 3.05) is 79.0 Å². The minimum atomic E-state index is -1.04. The monoisotopic (exact) mass is 530 g/mol. The second kappa shape index (κ2) is 16.9. The van der Waals surface area contributed by atoms with Crippen molar-refractivity contribution >= 4 is 12.3 Å². The number of aldehydes is 1. The number of ether oxygens (including phenoxy) is 4. The van der Waals surface area contributed by atoms with Crippen molar-refractivity contribution in [1.29, 1.82) is 0 Å². The molecule has 1 fully saturated rings. The van der Waals surface area contributed by atoms with Gasteiger partial charge in [-0.05, 0) is 36.8 Å². The van der Waals surface area contributed by atoms with Gasteiger partial charge in [0.1, 0.15) is 11.4 Å². The van der Waals surface area contributed by atoms with Crippen molar-refractivity contribution < 1.29 is 33.6 Å². The van der Waals surface area contributed by atoms with E-state index in [0.717, 1.165) is 17.5 Å². The van der Waals surface area contributed by atoms with Gasteiger partial charge in [-0.3, -0.25) is 14.6 Å². The third kappa shape index (κ3) is 11.3. The molecule has 0 radical (unpaired) electrons. The highest BCUT2D eigenvalue weighted by Gasteiger charge is 2.12. The number of carboxylic acids is 1. The lowest BCUT2D eigenvalue weighted by atomic mass is 10.2. The van der Waals surface area contributed by atoms with E-state index in [1.165, 1.54) is 6.07 Å². The number of pyridine rings is 2. The molecule has 3 rings (SSSR count). The van der Waals surface area contributed by atoms with E-state index >= 15 is 0 Å². The van der Waals surface area contributed by atoms with Crippen LogP contribution in [0, 0.1) is 6.92 Å². The fourth-order valence-electron chi connectivity index (χ4n) is 4.01.